The van der Waals surface area contributed by atoms with Gasteiger partial charge in [-0.3, -0.25) is 5.14 Å². The van der Waals surface area contributed by atoms with Crippen LogP contribution in [0.5, 0.6) is 0 Å². The van der Waals surface area contributed by atoms with Crippen molar-refractivity contribution in [2.75, 3.05) is 0 Å². The molecule has 1 saturated carbocycles. The molecule has 3 aromatic carbocycles. The van der Waals surface area contributed by atoms with Gasteiger partial charge in [-0.05, 0) is 65.6 Å². The predicted octanol–water partition coefficient (Wildman–Crippen LogP) is 6.60. The van der Waals surface area contributed by atoms with E-state index in [1.165, 1.54) is 11.4 Å². The molecule has 0 unspecified atom stereocenters. The van der Waals surface area contributed by atoms with Gasteiger partial charge in [-0.2, -0.15) is 0 Å². The smallest absolute Gasteiger partial charge is 0.355 e. The van der Waals surface area contributed by atoms with Crippen LogP contribution in [-0.2, 0) is 6.42 Å². The van der Waals surface area contributed by atoms with Gasteiger partial charge >= 0.3 is 5.97 Å². The Bertz CT molecular complexity index is 1550. The summed E-state index contributed by atoms with van der Waals surface area (Å²) in [6, 6.07) is 22.8. The van der Waals surface area contributed by atoms with Gasteiger partial charge in [0.05, 0.1) is 5.71 Å². The molecule has 38 heavy (non-hydrogen) atoms. The number of aliphatic imine (C=N–C) groups is 1. The second kappa shape index (κ2) is 11.3. The Morgan fingerprint density at radius 3 is 2.50 bits per heavy atom. The maximum Gasteiger partial charge on any atom is 0.355 e. The van der Waals surface area contributed by atoms with Crippen LogP contribution in [0.2, 0.25) is 0 Å². The molecule has 6 nitrogen and oxygen atoms in total. The zero-order chi connectivity index (χ0) is 26.6. The van der Waals surface area contributed by atoms with Crippen LogP contribution in [-0.4, -0.2) is 21.8 Å². The molecule has 0 radical (unpaired) electrons. The molecule has 0 spiro atoms. The Morgan fingerprint density at radius 2 is 1.84 bits per heavy atom. The van der Waals surface area contributed by atoms with Gasteiger partial charge < -0.3 is 10.8 Å². The first-order chi connectivity index (χ1) is 18.4. The summed E-state index contributed by atoms with van der Waals surface area (Å²) < 4.78 is 15.1. The second-order valence-electron chi connectivity index (χ2n) is 8.98. The molecule has 1 aliphatic rings. The average Bonchev–Trinajstić information content (AvgIpc) is 3.69. The highest BCUT2D eigenvalue weighted by Crippen LogP contribution is 2.38. The van der Waals surface area contributed by atoms with E-state index in [1.807, 2.05) is 54.6 Å². The van der Waals surface area contributed by atoms with Crippen LogP contribution in [0, 0.1) is 11.7 Å². The first kappa shape index (κ1) is 25.8. The molecule has 0 atom stereocenters. The normalized spacial score (nSPS) is 14.3. The highest BCUT2D eigenvalue weighted by Gasteiger charge is 2.29. The van der Waals surface area contributed by atoms with Gasteiger partial charge in [-0.1, -0.05) is 54.6 Å². The molecular formula is C29H25FN4O2S2. The predicted molar refractivity (Wildman–Crippen MR) is 151 cm³/mol. The summed E-state index contributed by atoms with van der Waals surface area (Å²) in [6.07, 6.45) is 2.13. The molecule has 0 bridgehead atoms. The molecule has 0 aliphatic heterocycles. The summed E-state index contributed by atoms with van der Waals surface area (Å²) in [4.78, 5) is 21.1. The molecule has 0 amide bonds. The Balaban J connectivity index is 1.66. The van der Waals surface area contributed by atoms with Gasteiger partial charge in [-0.25, -0.2) is 19.2 Å². The second-order valence-corrected chi connectivity index (χ2v) is 10.5. The lowest BCUT2D eigenvalue weighted by Gasteiger charge is -2.17. The zero-order valence-corrected chi connectivity index (χ0v) is 21.9. The fourth-order valence-corrected chi connectivity index (χ4v) is 5.17. The minimum absolute atomic E-state index is 0.0762. The third kappa shape index (κ3) is 5.85. The van der Waals surface area contributed by atoms with Crippen LogP contribution in [0.15, 0.2) is 99.3 Å². The third-order valence-electron chi connectivity index (χ3n) is 6.34. The Hall–Kier alpha value is -3.79. The van der Waals surface area contributed by atoms with Crippen LogP contribution in [0.1, 0.15) is 34.5 Å². The molecular weight excluding hydrogens is 519 g/mol. The first-order valence-electron chi connectivity index (χ1n) is 12.0. The van der Waals surface area contributed by atoms with Crippen molar-refractivity contribution in [1.82, 2.24) is 4.98 Å². The van der Waals surface area contributed by atoms with E-state index >= 15 is 4.39 Å². The van der Waals surface area contributed by atoms with Gasteiger partial charge in [-0.15, -0.1) is 11.3 Å². The van der Waals surface area contributed by atoms with E-state index in [1.54, 1.807) is 12.1 Å². The summed E-state index contributed by atoms with van der Waals surface area (Å²) in [5.74, 6) is -1.30. The number of nitrogens with zero attached hydrogens (tertiary/aromatic N) is 2. The van der Waals surface area contributed by atoms with Gasteiger partial charge in [0.2, 0.25) is 5.13 Å². The van der Waals surface area contributed by atoms with Crippen molar-refractivity contribution in [3.63, 3.8) is 0 Å². The van der Waals surface area contributed by atoms with E-state index in [2.05, 4.69) is 4.98 Å². The molecule has 1 aliphatic carbocycles. The SMILES string of the molecule is NSc1ccc(CC(C(=Nc2nc(C(=O)O)cs2)c2cccc(-c3ccccc3)c2)=C(N)C2CC2)c(F)c1. The summed E-state index contributed by atoms with van der Waals surface area (Å²) in [5, 5.41) is 16.7. The number of thiazole rings is 1. The largest absolute Gasteiger partial charge is 0.476 e. The minimum Gasteiger partial charge on any atom is -0.476 e. The Morgan fingerprint density at radius 1 is 1.08 bits per heavy atom. The number of aromatic nitrogens is 1. The van der Waals surface area contributed by atoms with E-state index < -0.39 is 5.97 Å². The number of carboxylic acids is 1. The summed E-state index contributed by atoms with van der Waals surface area (Å²) >= 11 is 2.12. The Labute approximate surface area is 228 Å². The number of hydrogen-bond donors (Lipinski definition) is 3. The number of carboxylic acid groups (broad SMARTS) is 1. The van der Waals surface area contributed by atoms with Crippen LogP contribution < -0.4 is 10.9 Å². The molecule has 0 saturated heterocycles. The first-order valence-corrected chi connectivity index (χ1v) is 13.8. The fraction of sp³-hybridized carbons (Fsp3) is 0.138. The number of allylic oxidation sites excluding steroid dienone is 2. The molecule has 1 heterocycles. The molecule has 5 N–H and O–H groups in total. The average molecular weight is 545 g/mol. The molecule has 1 fully saturated rings. The number of benzene rings is 3. The van der Waals surface area contributed by atoms with Crippen LogP contribution >= 0.6 is 23.3 Å². The quantitative estimate of drug-likeness (QED) is 0.162. The van der Waals surface area contributed by atoms with Crippen LogP contribution in [0.25, 0.3) is 11.1 Å². The van der Waals surface area contributed by atoms with Crippen LogP contribution in [0.4, 0.5) is 9.52 Å². The molecule has 5 rings (SSSR count). The van der Waals surface area contributed by atoms with Gasteiger partial charge in [0.15, 0.2) is 5.69 Å². The number of nitrogens with two attached hydrogens (primary N) is 2. The van der Waals surface area contributed by atoms with Gasteiger partial charge in [0.1, 0.15) is 5.82 Å². The maximum absolute atomic E-state index is 15.1. The number of halogens is 1. The van der Waals surface area contributed by atoms with E-state index in [-0.39, 0.29) is 23.8 Å². The molecule has 192 valence electrons. The number of hydrogen-bond acceptors (Lipinski definition) is 7. The van der Waals surface area contributed by atoms with E-state index in [4.69, 9.17) is 15.9 Å². The summed E-state index contributed by atoms with van der Waals surface area (Å²) in [7, 11) is 0. The minimum atomic E-state index is -1.12. The van der Waals surface area contributed by atoms with Crippen molar-refractivity contribution in [2.45, 2.75) is 24.2 Å². The van der Waals surface area contributed by atoms with E-state index in [0.717, 1.165) is 52.8 Å². The molecule has 4 aromatic rings. The van der Waals surface area contributed by atoms with Gasteiger partial charge in [0, 0.05) is 33.5 Å². The van der Waals surface area contributed by atoms with Crippen molar-refractivity contribution in [3.05, 3.63) is 112 Å². The fourth-order valence-electron chi connectivity index (χ4n) is 4.19. The highest BCUT2D eigenvalue weighted by molar-refractivity contribution is 7.97. The molecule has 1 aromatic heterocycles. The lowest BCUT2D eigenvalue weighted by molar-refractivity contribution is 0.0691. The van der Waals surface area contributed by atoms with Crippen molar-refractivity contribution in [2.24, 2.45) is 21.8 Å². The van der Waals surface area contributed by atoms with Crippen molar-refractivity contribution in [1.29, 1.82) is 0 Å². The van der Waals surface area contributed by atoms with Crippen molar-refractivity contribution in [3.8, 4) is 11.1 Å². The Kier molecular flexibility index (Phi) is 7.69. The maximum atomic E-state index is 15.1. The highest BCUT2D eigenvalue weighted by atomic mass is 32.2. The molecule has 9 heteroatoms. The third-order valence-corrected chi connectivity index (χ3v) is 7.60. The monoisotopic (exact) mass is 544 g/mol. The van der Waals surface area contributed by atoms with Gasteiger partial charge in [0.25, 0.3) is 0 Å². The zero-order valence-electron chi connectivity index (χ0n) is 20.3. The van der Waals surface area contributed by atoms with E-state index in [0.29, 0.717) is 32.6 Å². The number of carbonyl (C=O) groups is 1. The summed E-state index contributed by atoms with van der Waals surface area (Å²) in [6.45, 7) is 0. The van der Waals surface area contributed by atoms with Crippen molar-refractivity contribution < 1.29 is 14.3 Å². The number of aromatic carboxylic acids is 1. The lowest BCUT2D eigenvalue weighted by atomic mass is 9.91. The van der Waals surface area contributed by atoms with E-state index in [9.17, 15) is 9.90 Å². The topological polar surface area (TPSA) is 115 Å². The lowest BCUT2D eigenvalue weighted by Crippen LogP contribution is -2.17. The van der Waals surface area contributed by atoms with Crippen LogP contribution in [0.3, 0.4) is 0 Å². The number of rotatable bonds is 9. The van der Waals surface area contributed by atoms with Crippen molar-refractivity contribution >= 4 is 40.1 Å². The summed E-state index contributed by atoms with van der Waals surface area (Å²) in [5.41, 5.74) is 11.8. The standard InChI is InChI=1S/C29H25FN4O2S2/c30-24-15-22(38-32)12-11-20(24)14-23(26(31)18-9-10-18)27(34-29-33-25(16-37-29)28(35)36)21-8-4-7-19(13-21)17-5-2-1-3-6-17/h1-8,11-13,15-16,18H,9-10,14,31-32H2,(H,35,36).